The van der Waals surface area contributed by atoms with E-state index in [2.05, 4.69) is 32.8 Å². The maximum atomic E-state index is 12.4. The summed E-state index contributed by atoms with van der Waals surface area (Å²) < 4.78 is 5.51. The highest BCUT2D eigenvalue weighted by molar-refractivity contribution is 5.92. The molecule has 1 aliphatic heterocycles. The van der Waals surface area contributed by atoms with Crippen molar-refractivity contribution >= 4 is 23.1 Å². The molecule has 0 saturated carbocycles. The summed E-state index contributed by atoms with van der Waals surface area (Å²) in [5.74, 6) is -0.227. The van der Waals surface area contributed by atoms with E-state index in [1.807, 2.05) is 26.8 Å². The maximum Gasteiger partial charge on any atom is 0.410 e. The second-order valence-electron chi connectivity index (χ2n) is 9.80. The molecule has 3 heterocycles. The van der Waals surface area contributed by atoms with E-state index in [0.29, 0.717) is 25.0 Å². The number of carboxylic acid groups (broad SMARTS) is 1. The van der Waals surface area contributed by atoms with E-state index < -0.39 is 11.6 Å². The Kier molecular flexibility index (Phi) is 6.56. The molecule has 9 heteroatoms. The molecule has 180 valence electrons. The zero-order chi connectivity index (χ0) is 24.5. The summed E-state index contributed by atoms with van der Waals surface area (Å²) >= 11 is 0. The predicted octanol–water partition coefficient (Wildman–Crippen LogP) is 3.69. The molecule has 2 N–H and O–H groups in total. The number of aromatic nitrogens is 3. The monoisotopic (exact) mass is 465 g/mol. The van der Waals surface area contributed by atoms with Gasteiger partial charge in [-0.2, -0.15) is 0 Å². The van der Waals surface area contributed by atoms with Crippen molar-refractivity contribution in [1.29, 1.82) is 0 Å². The molecule has 1 atom stereocenters. The fraction of sp³-hybridized carbons (Fsp3) is 0.440. The third-order valence-electron chi connectivity index (χ3n) is 5.81. The minimum atomic E-state index is -0.964. The Hall–Kier alpha value is -3.46. The van der Waals surface area contributed by atoms with Crippen LogP contribution in [0.2, 0.25) is 0 Å². The molecule has 9 nitrogen and oxygen atoms in total. The van der Waals surface area contributed by atoms with Gasteiger partial charge >= 0.3 is 12.1 Å². The minimum Gasteiger partial charge on any atom is -0.478 e. The number of hydrogen-bond donors (Lipinski definition) is 2. The molecule has 1 amide bonds. The molecule has 1 aromatic carbocycles. The number of nitrogens with one attached hydrogen (secondary N) is 1. The van der Waals surface area contributed by atoms with Gasteiger partial charge in [-0.15, -0.1) is 0 Å². The first-order chi connectivity index (χ1) is 16.1. The Morgan fingerprint density at radius 3 is 2.71 bits per heavy atom. The number of hydrogen-bond acceptors (Lipinski definition) is 6. The molecule has 0 bridgehead atoms. The number of carbonyl (C=O) groups excluding carboxylic acids is 1. The van der Waals surface area contributed by atoms with Gasteiger partial charge in [0.25, 0.3) is 0 Å². The van der Waals surface area contributed by atoms with Crippen molar-refractivity contribution in [2.45, 2.75) is 52.3 Å². The number of carbonyl (C=O) groups is 2. The van der Waals surface area contributed by atoms with Gasteiger partial charge in [-0.05, 0) is 63.6 Å². The minimum absolute atomic E-state index is 0.205. The summed E-state index contributed by atoms with van der Waals surface area (Å²) in [5, 5.41) is 9.18. The summed E-state index contributed by atoms with van der Waals surface area (Å²) in [4.78, 5) is 40.0. The highest BCUT2D eigenvalue weighted by Crippen LogP contribution is 2.19. The summed E-state index contributed by atoms with van der Waals surface area (Å²) in [6.45, 7) is 10.6. The number of fused-ring (bicyclic) bond motifs is 1. The molecule has 0 spiro atoms. The van der Waals surface area contributed by atoms with Gasteiger partial charge in [0.05, 0.1) is 16.6 Å². The molecule has 0 unspecified atom stereocenters. The summed E-state index contributed by atoms with van der Waals surface area (Å²) in [5.41, 5.74) is 3.18. The van der Waals surface area contributed by atoms with Crippen molar-refractivity contribution in [2.24, 2.45) is 0 Å². The van der Waals surface area contributed by atoms with E-state index in [9.17, 15) is 14.7 Å². The van der Waals surface area contributed by atoms with Crippen molar-refractivity contribution in [2.75, 3.05) is 19.6 Å². The van der Waals surface area contributed by atoms with Gasteiger partial charge in [0.1, 0.15) is 11.4 Å². The van der Waals surface area contributed by atoms with Crippen molar-refractivity contribution in [3.63, 3.8) is 0 Å². The first-order valence-electron chi connectivity index (χ1n) is 11.4. The number of piperazine rings is 1. The summed E-state index contributed by atoms with van der Waals surface area (Å²) in [7, 11) is 0. The summed E-state index contributed by atoms with van der Waals surface area (Å²) in [6.07, 6.45) is 2.07. The second-order valence-corrected chi connectivity index (χ2v) is 9.80. The SMILES string of the molecule is C[C@@H]1CN(C(=O)OC(C)(C)C)CCN1Cc1ccnc(Cc2nc3ccc(C(=O)O)cc3[nH]2)c1. The molecule has 1 saturated heterocycles. The number of rotatable bonds is 5. The molecule has 3 aromatic rings. The average molecular weight is 466 g/mol. The average Bonchev–Trinajstić information content (AvgIpc) is 3.15. The summed E-state index contributed by atoms with van der Waals surface area (Å²) in [6, 6.07) is 9.14. The smallest absolute Gasteiger partial charge is 0.410 e. The highest BCUT2D eigenvalue weighted by Gasteiger charge is 2.29. The van der Waals surface area contributed by atoms with Crippen LogP contribution in [0.1, 0.15) is 55.1 Å². The van der Waals surface area contributed by atoms with E-state index in [-0.39, 0.29) is 17.7 Å². The number of amides is 1. The standard InChI is InChI=1S/C25H31N5O4/c1-16-14-30(24(33)34-25(2,3)4)10-9-29(16)15-17-7-8-26-19(11-17)13-22-27-20-6-5-18(23(31)32)12-21(20)28-22/h5-8,11-12,16H,9-10,13-15H2,1-4H3,(H,27,28)(H,31,32)/t16-/m1/s1. The Morgan fingerprint density at radius 2 is 2.00 bits per heavy atom. The van der Waals surface area contributed by atoms with E-state index >= 15 is 0 Å². The van der Waals surface area contributed by atoms with E-state index in [4.69, 9.17) is 4.74 Å². The highest BCUT2D eigenvalue weighted by atomic mass is 16.6. The lowest BCUT2D eigenvalue weighted by atomic mass is 10.1. The largest absolute Gasteiger partial charge is 0.478 e. The van der Waals surface area contributed by atoms with E-state index in [0.717, 1.165) is 35.7 Å². The Morgan fingerprint density at radius 1 is 1.21 bits per heavy atom. The zero-order valence-electron chi connectivity index (χ0n) is 20.0. The Bertz CT molecular complexity index is 1200. The molecule has 1 aliphatic rings. The van der Waals surface area contributed by atoms with Crippen molar-refractivity contribution in [3.05, 3.63) is 59.2 Å². The lowest BCUT2D eigenvalue weighted by Crippen LogP contribution is -2.54. The molecular weight excluding hydrogens is 434 g/mol. The fourth-order valence-electron chi connectivity index (χ4n) is 4.13. The van der Waals surface area contributed by atoms with Gasteiger partial charge in [0, 0.05) is 50.5 Å². The molecule has 34 heavy (non-hydrogen) atoms. The van der Waals surface area contributed by atoms with Crippen LogP contribution < -0.4 is 0 Å². The van der Waals surface area contributed by atoms with Crippen LogP contribution in [-0.2, 0) is 17.7 Å². The van der Waals surface area contributed by atoms with Crippen molar-refractivity contribution in [3.8, 4) is 0 Å². The number of benzene rings is 1. The van der Waals surface area contributed by atoms with Gasteiger partial charge in [0.2, 0.25) is 0 Å². The third kappa shape index (κ3) is 5.72. The van der Waals surface area contributed by atoms with Gasteiger partial charge in [-0.3, -0.25) is 9.88 Å². The van der Waals surface area contributed by atoms with Crippen LogP contribution in [-0.4, -0.2) is 73.2 Å². The van der Waals surface area contributed by atoms with Crippen LogP contribution in [0, 0.1) is 0 Å². The number of pyridine rings is 1. The molecule has 0 aliphatic carbocycles. The van der Waals surface area contributed by atoms with Crippen molar-refractivity contribution < 1.29 is 19.4 Å². The topological polar surface area (TPSA) is 112 Å². The lowest BCUT2D eigenvalue weighted by Gasteiger charge is -2.40. The fourth-order valence-corrected chi connectivity index (χ4v) is 4.13. The van der Waals surface area contributed by atoms with Crippen LogP contribution in [0.3, 0.4) is 0 Å². The first-order valence-corrected chi connectivity index (χ1v) is 11.4. The third-order valence-corrected chi connectivity index (χ3v) is 5.81. The number of imidazole rings is 1. The Labute approximate surface area is 198 Å². The predicted molar refractivity (Wildman–Crippen MR) is 128 cm³/mol. The number of aromatic amines is 1. The number of aromatic carboxylic acids is 1. The van der Waals surface area contributed by atoms with Gasteiger partial charge in [-0.25, -0.2) is 14.6 Å². The van der Waals surface area contributed by atoms with E-state index in [1.54, 1.807) is 29.3 Å². The molecule has 2 aromatic heterocycles. The van der Waals surface area contributed by atoms with Crippen LogP contribution in [0.5, 0.6) is 0 Å². The van der Waals surface area contributed by atoms with Gasteiger partial charge < -0.3 is 19.7 Å². The number of H-pyrrole nitrogens is 1. The molecule has 0 radical (unpaired) electrons. The maximum absolute atomic E-state index is 12.4. The second kappa shape index (κ2) is 9.42. The number of nitrogens with zero attached hydrogens (tertiary/aromatic N) is 4. The van der Waals surface area contributed by atoms with Crippen LogP contribution in [0.25, 0.3) is 11.0 Å². The number of carboxylic acids is 1. The number of ether oxygens (including phenoxy) is 1. The zero-order valence-corrected chi connectivity index (χ0v) is 20.0. The van der Waals surface area contributed by atoms with Crippen molar-refractivity contribution in [1.82, 2.24) is 24.8 Å². The van der Waals surface area contributed by atoms with E-state index in [1.165, 1.54) is 0 Å². The molecule has 1 fully saturated rings. The lowest BCUT2D eigenvalue weighted by molar-refractivity contribution is 0.00459. The van der Waals surface area contributed by atoms with Gasteiger partial charge in [-0.1, -0.05) is 0 Å². The molecule has 4 rings (SSSR count). The Balaban J connectivity index is 1.39. The van der Waals surface area contributed by atoms with Crippen LogP contribution in [0.15, 0.2) is 36.5 Å². The normalized spacial score (nSPS) is 17.2. The quantitative estimate of drug-likeness (QED) is 0.591. The van der Waals surface area contributed by atoms with Crippen LogP contribution >= 0.6 is 0 Å². The molecular formula is C25H31N5O4. The van der Waals surface area contributed by atoms with Gasteiger partial charge in [0.15, 0.2) is 0 Å². The first kappa shape index (κ1) is 23.7. The van der Waals surface area contributed by atoms with Crippen LogP contribution in [0.4, 0.5) is 4.79 Å².